The van der Waals surface area contributed by atoms with Crippen molar-refractivity contribution in [2.75, 3.05) is 16.8 Å². The topological polar surface area (TPSA) is 93.4 Å². The van der Waals surface area contributed by atoms with Gasteiger partial charge in [-0.3, -0.25) is 9.59 Å². The van der Waals surface area contributed by atoms with Crippen LogP contribution in [0, 0.1) is 11.3 Å². The number of rotatable bonds is 4. The average molecular weight is 522 g/mol. The van der Waals surface area contributed by atoms with Crippen LogP contribution < -0.4 is 10.2 Å². The lowest BCUT2D eigenvalue weighted by atomic mass is 9.99. The molecule has 0 aromatic heterocycles. The first-order valence-electron chi connectivity index (χ1n) is 12.3. The fraction of sp³-hybridized carbons (Fsp3) is 0.129. The van der Waals surface area contributed by atoms with Gasteiger partial charge in [-0.15, -0.1) is 0 Å². The number of aliphatic hydroxyl groups excluding tert-OH is 1. The fourth-order valence-electron chi connectivity index (χ4n) is 4.76. The minimum absolute atomic E-state index is 0.143. The van der Waals surface area contributed by atoms with Gasteiger partial charge in [0, 0.05) is 34.1 Å². The number of aliphatic hydroxyl groups is 1. The maximum Gasteiger partial charge on any atom is 0.259 e. The lowest BCUT2D eigenvalue weighted by Crippen LogP contribution is -2.32. The van der Waals surface area contributed by atoms with Gasteiger partial charge in [0.25, 0.3) is 11.8 Å². The molecule has 0 radical (unpaired) electrons. The molecule has 38 heavy (non-hydrogen) atoms. The number of halogens is 1. The molecule has 1 atom stereocenters. The van der Waals surface area contributed by atoms with Gasteiger partial charge in [0.15, 0.2) is 0 Å². The Bertz CT molecular complexity index is 1560. The summed E-state index contributed by atoms with van der Waals surface area (Å²) in [6, 6.07) is 28.8. The van der Waals surface area contributed by atoms with Crippen molar-refractivity contribution in [3.8, 4) is 17.2 Å². The van der Waals surface area contributed by atoms with Crippen molar-refractivity contribution in [3.63, 3.8) is 0 Å². The highest BCUT2D eigenvalue weighted by atomic mass is 35.5. The Morgan fingerprint density at radius 1 is 0.947 bits per heavy atom. The molecule has 0 saturated carbocycles. The van der Waals surface area contributed by atoms with Gasteiger partial charge in [-0.25, -0.2) is 0 Å². The maximum absolute atomic E-state index is 13.6. The second kappa shape index (κ2) is 10.9. The smallest absolute Gasteiger partial charge is 0.259 e. The Morgan fingerprint density at radius 3 is 2.50 bits per heavy atom. The lowest BCUT2D eigenvalue weighted by Gasteiger charge is -2.24. The monoisotopic (exact) mass is 521 g/mol. The zero-order valence-corrected chi connectivity index (χ0v) is 21.2. The number of hydrogen-bond donors (Lipinski definition) is 2. The molecule has 6 nitrogen and oxygen atoms in total. The Hall–Kier alpha value is -4.44. The highest BCUT2D eigenvalue weighted by Gasteiger charge is 2.28. The summed E-state index contributed by atoms with van der Waals surface area (Å²) in [6.07, 6.45) is 0.363. The molecule has 0 bridgehead atoms. The predicted octanol–water partition coefficient (Wildman–Crippen LogP) is 6.60. The normalized spacial score (nSPS) is 14.7. The third kappa shape index (κ3) is 5.03. The standard InChI is InChI=1S/C31H24ClN3O3/c32-22-12-15-28-27(18-22)29(36)11-6-16-35(28)31(38)25-14-13-23(17-21(25)19-33)34-30(37)26-10-5-4-9-24(26)20-7-2-1-3-8-20/h1-5,7-10,12-15,17-18,29,36H,6,11,16H2,(H,34,37). The minimum Gasteiger partial charge on any atom is -0.388 e. The van der Waals surface area contributed by atoms with Crippen LogP contribution in [0.1, 0.15) is 50.8 Å². The van der Waals surface area contributed by atoms with E-state index in [9.17, 15) is 20.0 Å². The summed E-state index contributed by atoms with van der Waals surface area (Å²) >= 11 is 6.14. The summed E-state index contributed by atoms with van der Waals surface area (Å²) in [4.78, 5) is 28.4. The lowest BCUT2D eigenvalue weighted by molar-refractivity contribution is 0.0985. The third-order valence-corrected chi connectivity index (χ3v) is 6.86. The van der Waals surface area contributed by atoms with Crippen molar-refractivity contribution in [3.05, 3.63) is 118 Å². The fourth-order valence-corrected chi connectivity index (χ4v) is 4.94. The van der Waals surface area contributed by atoms with Crippen LogP contribution in [0.15, 0.2) is 91.0 Å². The van der Waals surface area contributed by atoms with E-state index in [2.05, 4.69) is 11.4 Å². The largest absolute Gasteiger partial charge is 0.388 e. The van der Waals surface area contributed by atoms with E-state index in [-0.39, 0.29) is 22.9 Å². The number of anilines is 2. The molecule has 0 saturated heterocycles. The van der Waals surface area contributed by atoms with E-state index < -0.39 is 6.10 Å². The SMILES string of the molecule is N#Cc1cc(NC(=O)c2ccccc2-c2ccccc2)ccc1C(=O)N1CCCC(O)c2cc(Cl)ccc21. The van der Waals surface area contributed by atoms with Crippen LogP contribution in [0.2, 0.25) is 5.02 Å². The first-order valence-corrected chi connectivity index (χ1v) is 12.6. The van der Waals surface area contributed by atoms with Gasteiger partial charge in [0.2, 0.25) is 0 Å². The van der Waals surface area contributed by atoms with Crippen LogP contribution >= 0.6 is 11.6 Å². The Morgan fingerprint density at radius 2 is 1.71 bits per heavy atom. The minimum atomic E-state index is -0.728. The molecule has 1 heterocycles. The highest BCUT2D eigenvalue weighted by Crippen LogP contribution is 2.36. The van der Waals surface area contributed by atoms with Crippen LogP contribution in [-0.2, 0) is 0 Å². The first kappa shape index (κ1) is 25.2. The van der Waals surface area contributed by atoms with Crippen LogP contribution in [0.5, 0.6) is 0 Å². The van der Waals surface area contributed by atoms with E-state index in [4.69, 9.17) is 11.6 Å². The number of carbonyl (C=O) groups is 2. The molecule has 1 unspecified atom stereocenters. The second-order valence-corrected chi connectivity index (χ2v) is 9.49. The Balaban J connectivity index is 1.43. The quantitative estimate of drug-likeness (QED) is 0.316. The number of nitrogens with zero attached hydrogens (tertiary/aromatic N) is 2. The van der Waals surface area contributed by atoms with Gasteiger partial charge in [-0.2, -0.15) is 5.26 Å². The zero-order chi connectivity index (χ0) is 26.6. The van der Waals surface area contributed by atoms with E-state index in [0.717, 1.165) is 11.1 Å². The third-order valence-electron chi connectivity index (χ3n) is 6.63. The maximum atomic E-state index is 13.6. The number of carbonyl (C=O) groups excluding carboxylic acids is 2. The van der Waals surface area contributed by atoms with E-state index in [0.29, 0.717) is 46.9 Å². The molecular formula is C31H24ClN3O3. The van der Waals surface area contributed by atoms with Crippen LogP contribution in [0.25, 0.3) is 11.1 Å². The molecule has 2 N–H and O–H groups in total. The molecule has 1 aliphatic rings. The summed E-state index contributed by atoms with van der Waals surface area (Å²) in [5.74, 6) is -0.675. The van der Waals surface area contributed by atoms with Crippen molar-refractivity contribution in [1.82, 2.24) is 0 Å². The number of amides is 2. The molecule has 0 spiro atoms. The molecule has 0 aliphatic carbocycles. The van der Waals surface area contributed by atoms with E-state index >= 15 is 0 Å². The van der Waals surface area contributed by atoms with Crippen molar-refractivity contribution >= 4 is 34.8 Å². The second-order valence-electron chi connectivity index (χ2n) is 9.06. The Labute approximate surface area is 225 Å². The van der Waals surface area contributed by atoms with Crippen molar-refractivity contribution < 1.29 is 14.7 Å². The zero-order valence-electron chi connectivity index (χ0n) is 20.4. The summed E-state index contributed by atoms with van der Waals surface area (Å²) in [5, 5.41) is 23.8. The highest BCUT2D eigenvalue weighted by molar-refractivity contribution is 6.30. The summed E-state index contributed by atoms with van der Waals surface area (Å²) in [6.45, 7) is 0.393. The number of hydrogen-bond acceptors (Lipinski definition) is 4. The summed E-state index contributed by atoms with van der Waals surface area (Å²) < 4.78 is 0. The van der Waals surface area contributed by atoms with Crippen LogP contribution in [0.4, 0.5) is 11.4 Å². The molecule has 0 fully saturated rings. The molecule has 4 aromatic rings. The van der Waals surface area contributed by atoms with Gasteiger partial charge in [0.05, 0.1) is 17.2 Å². The van der Waals surface area contributed by atoms with Crippen molar-refractivity contribution in [2.45, 2.75) is 18.9 Å². The summed E-state index contributed by atoms with van der Waals surface area (Å²) in [7, 11) is 0. The number of benzene rings is 4. The first-order chi connectivity index (χ1) is 18.5. The van der Waals surface area contributed by atoms with Gasteiger partial charge in [-0.1, -0.05) is 60.1 Å². The Kier molecular flexibility index (Phi) is 7.23. The van der Waals surface area contributed by atoms with Crippen molar-refractivity contribution in [1.29, 1.82) is 5.26 Å². The van der Waals surface area contributed by atoms with Crippen molar-refractivity contribution in [2.24, 2.45) is 0 Å². The number of fused-ring (bicyclic) bond motifs is 1. The van der Waals surface area contributed by atoms with Crippen LogP contribution in [0.3, 0.4) is 0 Å². The van der Waals surface area contributed by atoms with E-state index in [1.165, 1.54) is 6.07 Å². The van der Waals surface area contributed by atoms with Gasteiger partial charge in [-0.05, 0) is 66.4 Å². The molecule has 7 heteroatoms. The van der Waals surface area contributed by atoms with Gasteiger partial charge in [0.1, 0.15) is 6.07 Å². The van der Waals surface area contributed by atoms with Crippen LogP contribution in [-0.4, -0.2) is 23.5 Å². The molecule has 1 aliphatic heterocycles. The number of nitrogens with one attached hydrogen (secondary N) is 1. The molecule has 4 aromatic carbocycles. The number of nitriles is 1. The van der Waals surface area contributed by atoms with E-state index in [1.54, 1.807) is 47.4 Å². The molecule has 5 rings (SSSR count). The molecule has 188 valence electrons. The van der Waals surface area contributed by atoms with Gasteiger partial charge < -0.3 is 15.3 Å². The molecule has 2 amide bonds. The molecular weight excluding hydrogens is 498 g/mol. The van der Waals surface area contributed by atoms with Gasteiger partial charge >= 0.3 is 0 Å². The predicted molar refractivity (Wildman–Crippen MR) is 148 cm³/mol. The average Bonchev–Trinajstić information content (AvgIpc) is 3.11. The van der Waals surface area contributed by atoms with E-state index in [1.807, 2.05) is 42.5 Å². The summed E-state index contributed by atoms with van der Waals surface area (Å²) in [5.41, 5.74) is 4.13.